The third-order valence-corrected chi connectivity index (χ3v) is 8.74. The predicted molar refractivity (Wildman–Crippen MR) is 112 cm³/mol. The van der Waals surface area contributed by atoms with Crippen LogP contribution in [0.25, 0.3) is 0 Å². The number of carbonyl (C=O) groups is 1. The van der Waals surface area contributed by atoms with Gasteiger partial charge in [0.1, 0.15) is 0 Å². The molecule has 0 unspecified atom stereocenters. The Morgan fingerprint density at radius 2 is 1.70 bits per heavy atom. The zero-order valence-electron chi connectivity index (χ0n) is 16.7. The van der Waals surface area contributed by atoms with Crippen molar-refractivity contribution in [3.05, 3.63) is 58.6 Å². The van der Waals surface area contributed by atoms with Crippen molar-refractivity contribution in [3.63, 3.8) is 0 Å². The van der Waals surface area contributed by atoms with Gasteiger partial charge >= 0.3 is 12.1 Å². The second-order valence-corrected chi connectivity index (χ2v) is 11.3. The molecule has 3 rings (SSSR count). The molecule has 180 valence electrons. The number of alkyl halides is 3. The van der Waals surface area contributed by atoms with Gasteiger partial charge in [-0.3, -0.25) is 0 Å². The lowest BCUT2D eigenvalue weighted by Gasteiger charge is -2.31. The molecule has 0 radical (unpaired) electrons. The summed E-state index contributed by atoms with van der Waals surface area (Å²) in [4.78, 5) is 9.91. The summed E-state index contributed by atoms with van der Waals surface area (Å²) in [6.07, 6.45) is -4.94. The Hall–Kier alpha value is -2.19. The van der Waals surface area contributed by atoms with Gasteiger partial charge in [0.15, 0.2) is 0 Å². The number of halogens is 4. The molecular formula is C19H18ClF3N2O6S2. The Kier molecular flexibility index (Phi) is 7.10. The number of piperidine rings is 1. The molecule has 1 aliphatic rings. The van der Waals surface area contributed by atoms with Gasteiger partial charge < -0.3 is 5.11 Å². The van der Waals surface area contributed by atoms with Crippen LogP contribution in [-0.2, 0) is 26.2 Å². The molecule has 14 heteroatoms. The van der Waals surface area contributed by atoms with Gasteiger partial charge in [-0.25, -0.2) is 26.4 Å². The normalized spacial score (nSPS) is 16.6. The number of sulfonamides is 2. The number of nitrogens with one attached hydrogen (secondary N) is 1. The number of carboxylic acid groups (broad SMARTS) is 1. The van der Waals surface area contributed by atoms with E-state index in [2.05, 4.69) is 4.72 Å². The smallest absolute Gasteiger partial charge is 0.417 e. The van der Waals surface area contributed by atoms with Crippen LogP contribution in [0.15, 0.2) is 52.3 Å². The van der Waals surface area contributed by atoms with Crippen LogP contribution < -0.4 is 4.72 Å². The quantitative estimate of drug-likeness (QED) is 0.596. The number of hydrogen-bond acceptors (Lipinski definition) is 5. The number of aromatic carboxylic acids is 1. The van der Waals surface area contributed by atoms with Crippen molar-refractivity contribution in [2.24, 2.45) is 0 Å². The lowest BCUT2D eigenvalue weighted by Crippen LogP contribution is -2.46. The largest absolute Gasteiger partial charge is 0.478 e. The molecule has 0 atom stereocenters. The first kappa shape index (κ1) is 25.4. The Labute approximate surface area is 193 Å². The van der Waals surface area contributed by atoms with Gasteiger partial charge in [0.05, 0.1) is 20.9 Å². The Morgan fingerprint density at radius 3 is 2.27 bits per heavy atom. The molecule has 33 heavy (non-hydrogen) atoms. The fourth-order valence-electron chi connectivity index (χ4n) is 3.39. The number of carboxylic acids is 1. The van der Waals surface area contributed by atoms with E-state index in [-0.39, 0.29) is 41.4 Å². The van der Waals surface area contributed by atoms with E-state index in [0.29, 0.717) is 6.07 Å². The molecule has 2 N–H and O–H groups in total. The first-order valence-electron chi connectivity index (χ1n) is 9.44. The van der Waals surface area contributed by atoms with E-state index in [9.17, 15) is 34.8 Å². The van der Waals surface area contributed by atoms with Gasteiger partial charge in [-0.05, 0) is 49.2 Å². The number of nitrogens with zero attached hydrogens (tertiary/aromatic N) is 1. The molecule has 0 bridgehead atoms. The van der Waals surface area contributed by atoms with Crippen molar-refractivity contribution in [1.82, 2.24) is 9.03 Å². The summed E-state index contributed by atoms with van der Waals surface area (Å²) >= 11 is 5.59. The van der Waals surface area contributed by atoms with E-state index in [1.54, 1.807) is 0 Å². The first-order chi connectivity index (χ1) is 15.2. The summed E-state index contributed by atoms with van der Waals surface area (Å²) in [5.74, 6) is -1.29. The maximum atomic E-state index is 13.3. The second kappa shape index (κ2) is 9.22. The highest BCUT2D eigenvalue weighted by atomic mass is 35.5. The summed E-state index contributed by atoms with van der Waals surface area (Å²) in [6, 6.07) is 6.32. The molecular weight excluding hydrogens is 509 g/mol. The molecule has 2 aromatic carbocycles. The topological polar surface area (TPSA) is 121 Å². The molecule has 1 aliphatic heterocycles. The van der Waals surface area contributed by atoms with Crippen molar-refractivity contribution in [3.8, 4) is 0 Å². The fraction of sp³-hybridized carbons (Fsp3) is 0.316. The molecule has 0 aliphatic carbocycles. The van der Waals surface area contributed by atoms with Crippen molar-refractivity contribution in [2.75, 3.05) is 13.1 Å². The fourth-order valence-corrected chi connectivity index (χ4v) is 6.59. The van der Waals surface area contributed by atoms with Crippen LogP contribution in [-0.4, -0.2) is 51.3 Å². The highest BCUT2D eigenvalue weighted by Crippen LogP contribution is 2.36. The van der Waals surface area contributed by atoms with Gasteiger partial charge in [-0.1, -0.05) is 17.7 Å². The molecule has 0 aromatic heterocycles. The number of rotatable bonds is 6. The average molecular weight is 527 g/mol. The first-order valence-corrected chi connectivity index (χ1v) is 12.7. The SMILES string of the molecule is O=C(O)c1cccc(S(=O)(=O)N2CCC(NS(=O)(=O)c3ccc(Cl)cc3C(F)(F)F)CC2)c1. The van der Waals surface area contributed by atoms with Crippen LogP contribution in [0.2, 0.25) is 5.02 Å². The van der Waals surface area contributed by atoms with Crippen molar-refractivity contribution in [2.45, 2.75) is 34.9 Å². The standard InChI is InChI=1S/C19H18ClF3N2O6S2/c20-13-4-5-17(16(11-13)19(21,22)23)32(28,29)24-14-6-8-25(9-7-14)33(30,31)15-3-1-2-12(10-15)18(26)27/h1-5,10-11,14,24H,6-9H2,(H,26,27). The monoisotopic (exact) mass is 526 g/mol. The van der Waals surface area contributed by atoms with Crippen LogP contribution in [0.3, 0.4) is 0 Å². The van der Waals surface area contributed by atoms with Crippen molar-refractivity contribution < 1.29 is 39.9 Å². The van der Waals surface area contributed by atoms with E-state index in [1.807, 2.05) is 0 Å². The van der Waals surface area contributed by atoms with E-state index in [1.165, 1.54) is 18.2 Å². The summed E-state index contributed by atoms with van der Waals surface area (Å²) in [5.41, 5.74) is -1.61. The average Bonchev–Trinajstić information content (AvgIpc) is 2.73. The van der Waals surface area contributed by atoms with Gasteiger partial charge in [0.25, 0.3) is 0 Å². The summed E-state index contributed by atoms with van der Waals surface area (Å²) in [5, 5.41) is 8.78. The molecule has 8 nitrogen and oxygen atoms in total. The van der Waals surface area contributed by atoms with Gasteiger partial charge in [0, 0.05) is 24.2 Å². The van der Waals surface area contributed by atoms with E-state index in [4.69, 9.17) is 16.7 Å². The molecule has 1 saturated heterocycles. The zero-order valence-corrected chi connectivity index (χ0v) is 19.1. The van der Waals surface area contributed by atoms with E-state index in [0.717, 1.165) is 22.5 Å². The third-order valence-electron chi connectivity index (χ3n) is 5.03. The van der Waals surface area contributed by atoms with Gasteiger partial charge in [0.2, 0.25) is 20.0 Å². The molecule has 2 aromatic rings. The number of benzene rings is 2. The third kappa shape index (κ3) is 5.66. The molecule has 1 heterocycles. The number of hydrogen-bond donors (Lipinski definition) is 2. The lowest BCUT2D eigenvalue weighted by atomic mass is 10.1. The summed E-state index contributed by atoms with van der Waals surface area (Å²) in [7, 11) is -8.61. The van der Waals surface area contributed by atoms with Crippen LogP contribution in [0.1, 0.15) is 28.8 Å². The van der Waals surface area contributed by atoms with Crippen LogP contribution in [0.5, 0.6) is 0 Å². The summed E-state index contributed by atoms with van der Waals surface area (Å²) < 4.78 is 94.1. The minimum Gasteiger partial charge on any atom is -0.478 e. The van der Waals surface area contributed by atoms with Crippen LogP contribution in [0.4, 0.5) is 13.2 Å². The van der Waals surface area contributed by atoms with Crippen molar-refractivity contribution >= 4 is 37.6 Å². The highest BCUT2D eigenvalue weighted by molar-refractivity contribution is 7.89. The minimum absolute atomic E-state index is 0.00597. The second-order valence-electron chi connectivity index (χ2n) is 7.27. The lowest BCUT2D eigenvalue weighted by molar-refractivity contribution is -0.139. The molecule has 0 amide bonds. The summed E-state index contributed by atoms with van der Waals surface area (Å²) in [6.45, 7) is -0.223. The van der Waals surface area contributed by atoms with E-state index >= 15 is 0 Å². The van der Waals surface area contributed by atoms with Crippen LogP contribution >= 0.6 is 11.6 Å². The van der Waals surface area contributed by atoms with Gasteiger partial charge in [-0.2, -0.15) is 17.5 Å². The highest BCUT2D eigenvalue weighted by Gasteiger charge is 2.39. The van der Waals surface area contributed by atoms with E-state index < -0.39 is 48.7 Å². The zero-order chi connectivity index (χ0) is 24.6. The Bertz CT molecular complexity index is 1270. The molecule has 1 fully saturated rings. The maximum absolute atomic E-state index is 13.3. The Morgan fingerprint density at radius 1 is 1.06 bits per heavy atom. The van der Waals surface area contributed by atoms with Crippen molar-refractivity contribution in [1.29, 1.82) is 0 Å². The maximum Gasteiger partial charge on any atom is 0.417 e. The molecule has 0 saturated carbocycles. The minimum atomic E-state index is -4.95. The van der Waals surface area contributed by atoms with Crippen LogP contribution in [0, 0.1) is 0 Å². The molecule has 0 spiro atoms. The Balaban J connectivity index is 1.75. The predicted octanol–water partition coefficient (Wildman–Crippen LogP) is 3.19. The van der Waals surface area contributed by atoms with Gasteiger partial charge in [-0.15, -0.1) is 0 Å².